The number of benzene rings is 1. The number of carbonyl (C=O) groups is 2. The van der Waals surface area contributed by atoms with Crippen LogP contribution in [-0.4, -0.2) is 80.7 Å². The summed E-state index contributed by atoms with van der Waals surface area (Å²) in [7, 11) is -4.89. The molecular formula is C32H42FN6O10P. The number of anilines is 1. The second-order valence-electron chi connectivity index (χ2n) is 12.6. The first kappa shape index (κ1) is 38.6. The van der Waals surface area contributed by atoms with Gasteiger partial charge in [-0.15, -0.1) is 0 Å². The number of alkyl halides is 1. The molecule has 272 valence electrons. The molecule has 4 rings (SSSR count). The highest BCUT2D eigenvalue weighted by molar-refractivity contribution is 7.52. The van der Waals surface area contributed by atoms with Gasteiger partial charge >= 0.3 is 19.7 Å². The topological polar surface area (TPSA) is 230 Å². The van der Waals surface area contributed by atoms with Gasteiger partial charge in [0.15, 0.2) is 5.82 Å². The lowest BCUT2D eigenvalue weighted by Crippen LogP contribution is -2.45. The zero-order valence-corrected chi connectivity index (χ0v) is 29.0. The third-order valence-electron chi connectivity index (χ3n) is 7.78. The van der Waals surface area contributed by atoms with Crippen LogP contribution in [0.2, 0.25) is 0 Å². The minimum Gasteiger partial charge on any atom is -0.466 e. The second-order valence-corrected chi connectivity index (χ2v) is 14.3. The molecule has 0 radical (unpaired) electrons. The van der Waals surface area contributed by atoms with Gasteiger partial charge in [-0.2, -0.15) is 15.4 Å². The van der Waals surface area contributed by atoms with Gasteiger partial charge in [-0.1, -0.05) is 45.9 Å². The molecule has 16 nitrogen and oxygen atoms in total. The van der Waals surface area contributed by atoms with E-state index in [2.05, 4.69) is 15.2 Å². The van der Waals surface area contributed by atoms with E-state index < -0.39 is 62.4 Å². The number of aromatic nitrogens is 3. The summed E-state index contributed by atoms with van der Waals surface area (Å²) in [4.78, 5) is 29.8. The quantitative estimate of drug-likeness (QED) is 0.116. The van der Waals surface area contributed by atoms with E-state index in [0.717, 1.165) is 10.8 Å². The first-order chi connectivity index (χ1) is 23.6. The summed E-state index contributed by atoms with van der Waals surface area (Å²) in [5.74, 6) is -4.83. The Bertz CT molecular complexity index is 1720. The Morgan fingerprint density at radius 2 is 1.76 bits per heavy atom. The maximum absolute atomic E-state index is 16.6. The second kappa shape index (κ2) is 16.2. The summed E-state index contributed by atoms with van der Waals surface area (Å²) >= 11 is 0. The number of nitrogens with one attached hydrogen (secondary N) is 1. The summed E-state index contributed by atoms with van der Waals surface area (Å²) in [6, 6.07) is 10.3. The summed E-state index contributed by atoms with van der Waals surface area (Å²) in [5, 5.41) is 38.5. The van der Waals surface area contributed by atoms with Crippen LogP contribution in [0.15, 0.2) is 48.8 Å². The van der Waals surface area contributed by atoms with Crippen molar-refractivity contribution in [2.45, 2.75) is 76.7 Å². The van der Waals surface area contributed by atoms with E-state index in [-0.39, 0.29) is 47.8 Å². The first-order valence-corrected chi connectivity index (χ1v) is 17.5. The molecule has 3 heterocycles. The van der Waals surface area contributed by atoms with E-state index >= 15 is 4.39 Å². The van der Waals surface area contributed by atoms with Crippen molar-refractivity contribution in [1.29, 1.82) is 5.26 Å². The predicted octanol–water partition coefficient (Wildman–Crippen LogP) is 3.18. The molecule has 0 bridgehead atoms. The van der Waals surface area contributed by atoms with Gasteiger partial charge in [0.1, 0.15) is 48.5 Å². The fraction of sp³-hybridized carbons (Fsp3) is 0.531. The molecule has 0 aliphatic carbocycles. The predicted molar refractivity (Wildman–Crippen MR) is 175 cm³/mol. The number of hydrogen-bond acceptors (Lipinski definition) is 14. The van der Waals surface area contributed by atoms with Crippen LogP contribution >= 0.6 is 7.75 Å². The normalized spacial score (nSPS) is 23.8. The largest absolute Gasteiger partial charge is 0.466 e. The Morgan fingerprint density at radius 1 is 1.10 bits per heavy atom. The van der Waals surface area contributed by atoms with Crippen LogP contribution in [-0.2, 0) is 38.5 Å². The molecule has 1 aromatic carbocycles. The van der Waals surface area contributed by atoms with Crippen molar-refractivity contribution in [3.05, 3.63) is 54.5 Å². The van der Waals surface area contributed by atoms with Crippen LogP contribution < -0.4 is 15.3 Å². The summed E-state index contributed by atoms with van der Waals surface area (Å²) in [6.45, 7) is 6.35. The van der Waals surface area contributed by atoms with Gasteiger partial charge in [-0.3, -0.25) is 14.1 Å². The van der Waals surface area contributed by atoms with Gasteiger partial charge in [0.05, 0.1) is 25.3 Å². The number of ether oxygens (including phenoxy) is 3. The number of aliphatic hydroxyl groups is 2. The molecule has 0 amide bonds. The lowest BCUT2D eigenvalue weighted by Gasteiger charge is -2.28. The van der Waals surface area contributed by atoms with Gasteiger partial charge in [-0.05, 0) is 48.9 Å². The summed E-state index contributed by atoms with van der Waals surface area (Å²) in [6.07, 6.45) is -3.21. The fourth-order valence-corrected chi connectivity index (χ4v) is 6.43. The van der Waals surface area contributed by atoms with E-state index in [4.69, 9.17) is 29.0 Å². The highest BCUT2D eigenvalue weighted by atomic mass is 31.2. The van der Waals surface area contributed by atoms with Crippen molar-refractivity contribution in [3.63, 3.8) is 0 Å². The molecule has 18 heteroatoms. The number of fused-ring (bicyclic) bond motifs is 1. The third-order valence-corrected chi connectivity index (χ3v) is 9.33. The highest BCUT2D eigenvalue weighted by Crippen LogP contribution is 2.51. The van der Waals surface area contributed by atoms with Gasteiger partial charge < -0.3 is 34.7 Å². The van der Waals surface area contributed by atoms with Crippen LogP contribution in [0.25, 0.3) is 5.52 Å². The smallest absolute Gasteiger partial charge is 0.459 e. The Balaban J connectivity index is 1.62. The molecule has 6 atom stereocenters. The fourth-order valence-electron chi connectivity index (χ4n) is 4.93. The standard InChI is InChI=1S/C32H42FN6O10P/c1-20(2)12-14-45-26(40)16-23(30(43)46-15-13-21(3)4)38-50(44,48-22-8-6-5-7-9-22)47-18-32(33)28(42)27(41)31(17-34,49-32)25-11-10-24-29(35)36-19-37-39(24)25/h5-11,19-21,23,27-28,41-42H,12-16,18H2,1-4H3,(H,38,44)(H2,35,36,37)/t23-,27+,28-,31-,32+,50?/m0/s1. The maximum atomic E-state index is 16.6. The van der Waals surface area contributed by atoms with Crippen LogP contribution in [0.3, 0.4) is 0 Å². The number of hydrogen-bond donors (Lipinski definition) is 4. The van der Waals surface area contributed by atoms with Crippen molar-refractivity contribution < 1.29 is 52.0 Å². The number of rotatable bonds is 17. The number of nitriles is 1. The Hall–Kier alpha value is -4.17. The van der Waals surface area contributed by atoms with Gasteiger partial charge in [-0.25, -0.2) is 18.5 Å². The van der Waals surface area contributed by atoms with Crippen LogP contribution in [0.5, 0.6) is 5.75 Å². The number of esters is 2. The maximum Gasteiger partial charge on any atom is 0.459 e. The van der Waals surface area contributed by atoms with Crippen molar-refractivity contribution in [1.82, 2.24) is 19.7 Å². The molecule has 1 fully saturated rings. The summed E-state index contributed by atoms with van der Waals surface area (Å²) in [5.41, 5.74) is 3.32. The van der Waals surface area contributed by atoms with Gasteiger partial charge in [0.2, 0.25) is 5.60 Å². The Kier molecular flexibility index (Phi) is 12.5. The number of aliphatic hydroxyl groups excluding tert-OH is 2. The number of nitrogens with two attached hydrogens (primary N) is 1. The van der Waals surface area contributed by atoms with Crippen molar-refractivity contribution in [3.8, 4) is 11.8 Å². The van der Waals surface area contributed by atoms with Gasteiger partial charge in [0, 0.05) is 0 Å². The Morgan fingerprint density at radius 3 is 2.40 bits per heavy atom. The van der Waals surface area contributed by atoms with Crippen LogP contribution in [0, 0.1) is 23.2 Å². The molecule has 5 N–H and O–H groups in total. The molecule has 50 heavy (non-hydrogen) atoms. The van der Waals surface area contributed by atoms with Gasteiger partial charge in [0.25, 0.3) is 5.85 Å². The third kappa shape index (κ3) is 8.94. The molecule has 1 unspecified atom stereocenters. The van der Waals surface area contributed by atoms with Crippen molar-refractivity contribution in [2.24, 2.45) is 11.8 Å². The summed E-state index contributed by atoms with van der Waals surface area (Å²) < 4.78 is 59.1. The number of carbonyl (C=O) groups excluding carboxylic acids is 2. The van der Waals surface area contributed by atoms with Crippen molar-refractivity contribution in [2.75, 3.05) is 25.6 Å². The molecule has 1 aliphatic heterocycles. The van der Waals surface area contributed by atoms with E-state index in [1.54, 1.807) is 24.3 Å². The minimum absolute atomic E-state index is 0.00776. The Labute approximate surface area is 288 Å². The number of halogens is 1. The average molecular weight is 721 g/mol. The molecule has 2 aromatic heterocycles. The van der Waals surface area contributed by atoms with E-state index in [1.165, 1.54) is 24.3 Å². The highest BCUT2D eigenvalue weighted by Gasteiger charge is 2.66. The first-order valence-electron chi connectivity index (χ1n) is 16.0. The lowest BCUT2D eigenvalue weighted by atomic mass is 9.92. The molecular weight excluding hydrogens is 678 g/mol. The van der Waals surface area contributed by atoms with Crippen molar-refractivity contribution >= 4 is 31.0 Å². The zero-order chi connectivity index (χ0) is 36.7. The molecule has 0 spiro atoms. The SMILES string of the molecule is CC(C)CCOC(=O)C[C@H](NP(=O)(OC[C@@]1(F)O[C@@](C#N)(c2ccc3c(N)ncnn23)[C@H](O)[C@@H]1O)Oc1ccccc1)C(=O)OCCC(C)C. The lowest BCUT2D eigenvalue weighted by molar-refractivity contribution is -0.208. The van der Waals surface area contributed by atoms with E-state index in [0.29, 0.717) is 12.8 Å². The van der Waals surface area contributed by atoms with Crippen LogP contribution in [0.1, 0.15) is 52.7 Å². The van der Waals surface area contributed by atoms with E-state index in [9.17, 15) is 29.6 Å². The van der Waals surface area contributed by atoms with Crippen LogP contribution in [0.4, 0.5) is 10.2 Å². The number of nitrogens with zero attached hydrogens (tertiary/aromatic N) is 4. The molecule has 3 aromatic rings. The van der Waals surface area contributed by atoms with E-state index in [1.807, 2.05) is 27.7 Å². The average Bonchev–Trinajstić information content (AvgIpc) is 3.59. The molecule has 0 saturated carbocycles. The zero-order valence-electron chi connectivity index (χ0n) is 28.1. The monoisotopic (exact) mass is 720 g/mol. The molecule has 1 saturated heterocycles. The minimum atomic E-state index is -4.89. The molecule has 1 aliphatic rings. The number of nitrogen functional groups attached to an aromatic ring is 1. The number of para-hydroxylation sites is 1.